The lowest BCUT2D eigenvalue weighted by atomic mass is 10.0. The predicted octanol–water partition coefficient (Wildman–Crippen LogP) is 2.16. The number of aliphatic carboxylic acids is 1. The minimum absolute atomic E-state index is 0.364. The van der Waals surface area contributed by atoms with Gasteiger partial charge in [-0.1, -0.05) is 18.2 Å². The standard InChI is InChI=1S/C14H20N2O4/c1-14(2,12(17)18)16(3)13(19)15-11-8-6-5-7-10(11)9-20-4/h5-8H,9H2,1-4H3,(H,15,19)(H,17,18). The van der Waals surface area contributed by atoms with E-state index < -0.39 is 17.5 Å². The van der Waals surface area contributed by atoms with Crippen LogP contribution >= 0.6 is 0 Å². The van der Waals surface area contributed by atoms with Gasteiger partial charge in [0.15, 0.2) is 0 Å². The Bertz CT molecular complexity index is 500. The molecule has 0 saturated heterocycles. The average molecular weight is 280 g/mol. The van der Waals surface area contributed by atoms with Gasteiger partial charge in [0, 0.05) is 25.4 Å². The van der Waals surface area contributed by atoms with E-state index in [1.807, 2.05) is 12.1 Å². The summed E-state index contributed by atoms with van der Waals surface area (Å²) < 4.78 is 5.06. The lowest BCUT2D eigenvalue weighted by Gasteiger charge is -2.31. The van der Waals surface area contributed by atoms with Crippen LogP contribution in [0.15, 0.2) is 24.3 Å². The summed E-state index contributed by atoms with van der Waals surface area (Å²) in [4.78, 5) is 24.4. The molecule has 6 nitrogen and oxygen atoms in total. The molecule has 0 spiro atoms. The lowest BCUT2D eigenvalue weighted by molar-refractivity contribution is -0.146. The summed E-state index contributed by atoms with van der Waals surface area (Å²) in [6.45, 7) is 3.30. The van der Waals surface area contributed by atoms with Gasteiger partial charge in [-0.2, -0.15) is 0 Å². The van der Waals surface area contributed by atoms with Crippen LogP contribution in [0, 0.1) is 0 Å². The highest BCUT2D eigenvalue weighted by Crippen LogP contribution is 2.19. The third-order valence-electron chi connectivity index (χ3n) is 3.23. The van der Waals surface area contributed by atoms with E-state index in [9.17, 15) is 9.59 Å². The molecule has 0 aliphatic carbocycles. The Balaban J connectivity index is 2.88. The van der Waals surface area contributed by atoms with Gasteiger partial charge in [0.2, 0.25) is 0 Å². The highest BCUT2D eigenvalue weighted by atomic mass is 16.5. The smallest absolute Gasteiger partial charge is 0.329 e. The van der Waals surface area contributed by atoms with Crippen LogP contribution in [0.3, 0.4) is 0 Å². The topological polar surface area (TPSA) is 78.9 Å². The van der Waals surface area contributed by atoms with Crippen molar-refractivity contribution in [2.45, 2.75) is 26.0 Å². The third-order valence-corrected chi connectivity index (χ3v) is 3.23. The minimum Gasteiger partial charge on any atom is -0.480 e. The van der Waals surface area contributed by atoms with Crippen molar-refractivity contribution in [3.63, 3.8) is 0 Å². The molecule has 110 valence electrons. The summed E-state index contributed by atoms with van der Waals surface area (Å²) in [6, 6.07) is 6.72. The Morgan fingerprint density at radius 3 is 2.50 bits per heavy atom. The number of ether oxygens (including phenoxy) is 1. The molecule has 1 rings (SSSR count). The molecule has 2 amide bonds. The van der Waals surface area contributed by atoms with Gasteiger partial charge in [0.1, 0.15) is 5.54 Å². The molecule has 0 unspecified atom stereocenters. The quantitative estimate of drug-likeness (QED) is 0.866. The Hall–Kier alpha value is -2.08. The molecule has 0 aliphatic heterocycles. The molecule has 1 aromatic carbocycles. The van der Waals surface area contributed by atoms with Gasteiger partial charge in [0.25, 0.3) is 0 Å². The first-order valence-corrected chi connectivity index (χ1v) is 6.15. The second-order valence-electron chi connectivity index (χ2n) is 4.94. The van der Waals surface area contributed by atoms with Crippen molar-refractivity contribution in [2.75, 3.05) is 19.5 Å². The number of carbonyl (C=O) groups excluding carboxylic acids is 1. The molecule has 0 heterocycles. The van der Waals surface area contributed by atoms with Gasteiger partial charge in [0.05, 0.1) is 6.61 Å². The summed E-state index contributed by atoms with van der Waals surface area (Å²) in [5.41, 5.74) is 0.137. The SMILES string of the molecule is COCc1ccccc1NC(=O)N(C)C(C)(C)C(=O)O. The molecule has 0 saturated carbocycles. The van der Waals surface area contributed by atoms with Crippen molar-refractivity contribution in [1.29, 1.82) is 0 Å². The van der Waals surface area contributed by atoms with Crippen molar-refractivity contribution in [3.8, 4) is 0 Å². The van der Waals surface area contributed by atoms with E-state index in [-0.39, 0.29) is 0 Å². The second-order valence-corrected chi connectivity index (χ2v) is 4.94. The van der Waals surface area contributed by atoms with Crippen LogP contribution in [-0.2, 0) is 16.1 Å². The number of hydrogen-bond acceptors (Lipinski definition) is 3. The van der Waals surface area contributed by atoms with E-state index in [1.54, 1.807) is 19.2 Å². The van der Waals surface area contributed by atoms with Crippen LogP contribution in [0.2, 0.25) is 0 Å². The highest BCUT2D eigenvalue weighted by molar-refractivity contribution is 5.94. The van der Waals surface area contributed by atoms with Crippen molar-refractivity contribution in [2.24, 2.45) is 0 Å². The first kappa shape index (κ1) is 16.0. The normalized spacial score (nSPS) is 11.0. The zero-order valence-electron chi connectivity index (χ0n) is 12.1. The van der Waals surface area contributed by atoms with E-state index in [0.29, 0.717) is 12.3 Å². The number of carbonyl (C=O) groups is 2. The number of amides is 2. The molecule has 6 heteroatoms. The number of benzene rings is 1. The fourth-order valence-electron chi connectivity index (χ4n) is 1.52. The maximum Gasteiger partial charge on any atom is 0.329 e. The number of carboxylic acids is 1. The van der Waals surface area contributed by atoms with E-state index >= 15 is 0 Å². The van der Waals surface area contributed by atoms with Gasteiger partial charge < -0.3 is 20.1 Å². The zero-order chi connectivity index (χ0) is 15.3. The second kappa shape index (κ2) is 6.38. The largest absolute Gasteiger partial charge is 0.480 e. The molecular formula is C14H20N2O4. The van der Waals surface area contributed by atoms with Crippen molar-refractivity contribution in [1.82, 2.24) is 4.90 Å². The number of anilines is 1. The van der Waals surface area contributed by atoms with Crippen LogP contribution < -0.4 is 5.32 Å². The van der Waals surface area contributed by atoms with Crippen molar-refractivity contribution >= 4 is 17.7 Å². The molecule has 0 bridgehead atoms. The van der Waals surface area contributed by atoms with Crippen molar-refractivity contribution in [3.05, 3.63) is 29.8 Å². The third kappa shape index (κ3) is 3.48. The Kier molecular flexibility index (Phi) is 5.10. The fourth-order valence-corrected chi connectivity index (χ4v) is 1.52. The summed E-state index contributed by atoms with van der Waals surface area (Å²) in [7, 11) is 3.01. The minimum atomic E-state index is -1.29. The fraction of sp³-hybridized carbons (Fsp3) is 0.429. The number of likely N-dealkylation sites (N-methyl/N-ethyl adjacent to an activating group) is 1. The monoisotopic (exact) mass is 280 g/mol. The first-order chi connectivity index (χ1) is 9.30. The molecule has 0 aliphatic rings. The van der Waals surface area contributed by atoms with Gasteiger partial charge in [-0.25, -0.2) is 9.59 Å². The number of nitrogens with one attached hydrogen (secondary N) is 1. The molecule has 0 radical (unpaired) electrons. The summed E-state index contributed by atoms with van der Waals surface area (Å²) >= 11 is 0. The molecule has 20 heavy (non-hydrogen) atoms. The summed E-state index contributed by atoms with van der Waals surface area (Å²) in [5.74, 6) is -1.07. The molecule has 2 N–H and O–H groups in total. The highest BCUT2D eigenvalue weighted by Gasteiger charge is 2.35. The van der Waals surface area contributed by atoms with E-state index in [1.165, 1.54) is 20.9 Å². The maximum absolute atomic E-state index is 12.1. The Morgan fingerprint density at radius 2 is 1.95 bits per heavy atom. The summed E-state index contributed by atoms with van der Waals surface area (Å²) in [6.07, 6.45) is 0. The van der Waals surface area contributed by atoms with Gasteiger partial charge in [-0.15, -0.1) is 0 Å². The number of nitrogens with zero attached hydrogens (tertiary/aromatic N) is 1. The Morgan fingerprint density at radius 1 is 1.35 bits per heavy atom. The number of para-hydroxylation sites is 1. The molecule has 0 atom stereocenters. The van der Waals surface area contributed by atoms with E-state index in [0.717, 1.165) is 10.5 Å². The van der Waals surface area contributed by atoms with Gasteiger partial charge in [-0.05, 0) is 19.9 Å². The number of carboxylic acid groups (broad SMARTS) is 1. The molecule has 0 aromatic heterocycles. The number of hydrogen-bond donors (Lipinski definition) is 2. The number of urea groups is 1. The van der Waals surface area contributed by atoms with Crippen LogP contribution in [-0.4, -0.2) is 41.7 Å². The van der Waals surface area contributed by atoms with Gasteiger partial charge in [-0.3, -0.25) is 0 Å². The molecule has 0 fully saturated rings. The lowest BCUT2D eigenvalue weighted by Crippen LogP contribution is -2.52. The number of rotatable bonds is 5. The van der Waals surface area contributed by atoms with Crippen LogP contribution in [0.25, 0.3) is 0 Å². The average Bonchev–Trinajstić information content (AvgIpc) is 2.40. The molecular weight excluding hydrogens is 260 g/mol. The maximum atomic E-state index is 12.1. The zero-order valence-corrected chi connectivity index (χ0v) is 12.1. The summed E-state index contributed by atoms with van der Waals surface area (Å²) in [5, 5.41) is 11.8. The van der Waals surface area contributed by atoms with Crippen molar-refractivity contribution < 1.29 is 19.4 Å². The number of methoxy groups -OCH3 is 1. The molecule has 1 aromatic rings. The van der Waals surface area contributed by atoms with Gasteiger partial charge >= 0.3 is 12.0 Å². The predicted molar refractivity (Wildman–Crippen MR) is 75.7 cm³/mol. The van der Waals surface area contributed by atoms with Crippen LogP contribution in [0.4, 0.5) is 10.5 Å². The van der Waals surface area contributed by atoms with Crippen LogP contribution in [0.5, 0.6) is 0 Å². The van der Waals surface area contributed by atoms with E-state index in [4.69, 9.17) is 9.84 Å². The van der Waals surface area contributed by atoms with E-state index in [2.05, 4.69) is 5.32 Å². The first-order valence-electron chi connectivity index (χ1n) is 6.15. The van der Waals surface area contributed by atoms with Crippen LogP contribution in [0.1, 0.15) is 19.4 Å². The Labute approximate surface area is 118 Å².